The maximum Gasteiger partial charge on any atom is 0.161 e. The molecule has 0 saturated carbocycles. The largest absolute Gasteiger partial charge is 0.508 e. The van der Waals surface area contributed by atoms with E-state index in [4.69, 9.17) is 14.7 Å². The Morgan fingerprint density at radius 3 is 2.62 bits per heavy atom. The number of methoxy groups -OCH3 is 1. The predicted molar refractivity (Wildman–Crippen MR) is 79.4 cm³/mol. The van der Waals surface area contributed by atoms with E-state index in [1.807, 2.05) is 6.07 Å². The van der Waals surface area contributed by atoms with Gasteiger partial charge in [-0.1, -0.05) is 17.3 Å². The quantitative estimate of drug-likeness (QED) is 0.503. The summed E-state index contributed by atoms with van der Waals surface area (Å²) in [7, 11) is 1.55. The Hall–Kier alpha value is -2.69. The molecule has 0 amide bonds. The van der Waals surface area contributed by atoms with Gasteiger partial charge in [0.1, 0.15) is 12.4 Å². The first-order valence-electron chi connectivity index (χ1n) is 6.42. The smallest absolute Gasteiger partial charge is 0.161 e. The monoisotopic (exact) mass is 287 g/mol. The summed E-state index contributed by atoms with van der Waals surface area (Å²) < 4.78 is 11.0. The van der Waals surface area contributed by atoms with E-state index in [1.54, 1.807) is 50.4 Å². The highest BCUT2D eigenvalue weighted by Crippen LogP contribution is 2.29. The normalized spacial score (nSPS) is 11.2. The molecule has 0 heterocycles. The van der Waals surface area contributed by atoms with Crippen molar-refractivity contribution < 1.29 is 19.8 Å². The van der Waals surface area contributed by atoms with Crippen molar-refractivity contribution >= 4 is 5.71 Å². The Morgan fingerprint density at radius 1 is 1.14 bits per heavy atom. The molecule has 0 fully saturated rings. The molecule has 0 aliphatic carbocycles. The molecule has 0 unspecified atom stereocenters. The molecule has 0 radical (unpaired) electrons. The zero-order chi connectivity index (χ0) is 15.2. The third-order valence-corrected chi connectivity index (χ3v) is 3.04. The summed E-state index contributed by atoms with van der Waals surface area (Å²) in [5.41, 5.74) is 2.10. The highest BCUT2D eigenvalue weighted by molar-refractivity contribution is 5.98. The van der Waals surface area contributed by atoms with Crippen LogP contribution in [0, 0.1) is 0 Å². The van der Waals surface area contributed by atoms with E-state index < -0.39 is 0 Å². The van der Waals surface area contributed by atoms with Crippen LogP contribution in [0.5, 0.6) is 17.2 Å². The molecule has 0 aromatic heterocycles. The van der Waals surface area contributed by atoms with E-state index in [1.165, 1.54) is 0 Å². The molecule has 0 atom stereocenters. The van der Waals surface area contributed by atoms with Crippen LogP contribution in [0.15, 0.2) is 47.6 Å². The lowest BCUT2D eigenvalue weighted by Crippen LogP contribution is -2.00. The number of oxime groups is 1. The van der Waals surface area contributed by atoms with Crippen molar-refractivity contribution in [2.45, 2.75) is 13.5 Å². The molecule has 2 N–H and O–H groups in total. The lowest BCUT2D eigenvalue weighted by atomic mass is 10.1. The molecule has 2 aromatic rings. The molecule has 0 bridgehead atoms. The van der Waals surface area contributed by atoms with E-state index in [0.717, 1.165) is 11.1 Å². The molecule has 0 aliphatic rings. The van der Waals surface area contributed by atoms with Gasteiger partial charge in [0.15, 0.2) is 11.5 Å². The minimum absolute atomic E-state index is 0.202. The van der Waals surface area contributed by atoms with Gasteiger partial charge in [-0.05, 0) is 42.8 Å². The van der Waals surface area contributed by atoms with Crippen LogP contribution in [0.4, 0.5) is 0 Å². The molecule has 0 aliphatic heterocycles. The van der Waals surface area contributed by atoms with Gasteiger partial charge in [-0.25, -0.2) is 0 Å². The third-order valence-electron chi connectivity index (χ3n) is 3.04. The van der Waals surface area contributed by atoms with Crippen molar-refractivity contribution in [3.05, 3.63) is 53.6 Å². The highest BCUT2D eigenvalue weighted by Gasteiger charge is 2.08. The van der Waals surface area contributed by atoms with Crippen molar-refractivity contribution in [1.29, 1.82) is 0 Å². The van der Waals surface area contributed by atoms with Crippen LogP contribution in [0.2, 0.25) is 0 Å². The highest BCUT2D eigenvalue weighted by atomic mass is 16.5. The number of phenols is 1. The molecule has 110 valence electrons. The Balaban J connectivity index is 2.16. The summed E-state index contributed by atoms with van der Waals surface area (Å²) in [5, 5.41) is 21.4. The van der Waals surface area contributed by atoms with Gasteiger partial charge in [0.25, 0.3) is 0 Å². The van der Waals surface area contributed by atoms with Gasteiger partial charge in [0.2, 0.25) is 0 Å². The first kappa shape index (κ1) is 14.7. The summed E-state index contributed by atoms with van der Waals surface area (Å²) in [4.78, 5) is 0. The molecule has 5 nitrogen and oxygen atoms in total. The Bertz CT molecular complexity index is 652. The van der Waals surface area contributed by atoms with E-state index in [2.05, 4.69) is 5.16 Å². The minimum Gasteiger partial charge on any atom is -0.508 e. The van der Waals surface area contributed by atoms with E-state index in [-0.39, 0.29) is 5.75 Å². The van der Waals surface area contributed by atoms with Gasteiger partial charge in [-0.2, -0.15) is 0 Å². The number of rotatable bonds is 5. The molecule has 0 spiro atoms. The second-order valence-corrected chi connectivity index (χ2v) is 4.51. The van der Waals surface area contributed by atoms with Crippen LogP contribution < -0.4 is 9.47 Å². The van der Waals surface area contributed by atoms with Crippen molar-refractivity contribution in [3.63, 3.8) is 0 Å². The zero-order valence-corrected chi connectivity index (χ0v) is 11.9. The summed E-state index contributed by atoms with van der Waals surface area (Å²) in [6.45, 7) is 2.01. The Kier molecular flexibility index (Phi) is 4.66. The fourth-order valence-corrected chi connectivity index (χ4v) is 1.88. The number of hydrogen-bond acceptors (Lipinski definition) is 5. The molecule has 5 heteroatoms. The van der Waals surface area contributed by atoms with E-state index in [9.17, 15) is 5.11 Å². The van der Waals surface area contributed by atoms with Gasteiger partial charge in [0.05, 0.1) is 12.8 Å². The lowest BCUT2D eigenvalue weighted by molar-refractivity contribution is 0.284. The molecular weight excluding hydrogens is 270 g/mol. The summed E-state index contributed by atoms with van der Waals surface area (Å²) >= 11 is 0. The maximum absolute atomic E-state index is 9.42. The van der Waals surface area contributed by atoms with Gasteiger partial charge < -0.3 is 19.8 Å². The van der Waals surface area contributed by atoms with Gasteiger partial charge in [-0.15, -0.1) is 0 Å². The second-order valence-electron chi connectivity index (χ2n) is 4.51. The molecule has 2 aromatic carbocycles. The number of ether oxygens (including phenoxy) is 2. The van der Waals surface area contributed by atoms with E-state index in [0.29, 0.717) is 23.8 Å². The van der Waals surface area contributed by atoms with Crippen LogP contribution in [0.25, 0.3) is 0 Å². The van der Waals surface area contributed by atoms with Gasteiger partial charge >= 0.3 is 0 Å². The van der Waals surface area contributed by atoms with Crippen LogP contribution >= 0.6 is 0 Å². The summed E-state index contributed by atoms with van der Waals surface area (Å²) in [6, 6.07) is 12.2. The zero-order valence-electron chi connectivity index (χ0n) is 11.9. The van der Waals surface area contributed by atoms with Crippen molar-refractivity contribution in [2.24, 2.45) is 5.16 Å². The Labute approximate surface area is 123 Å². The molecule has 2 rings (SSSR count). The minimum atomic E-state index is 0.202. The topological polar surface area (TPSA) is 71.3 Å². The number of hydrogen-bond donors (Lipinski definition) is 2. The average Bonchev–Trinajstić information content (AvgIpc) is 2.52. The lowest BCUT2D eigenvalue weighted by Gasteiger charge is -2.12. The standard InChI is InChI=1S/C16H17NO4/c1-11(17-19)13-6-7-15(16(9-13)20-2)21-10-12-4-3-5-14(18)8-12/h3-9,18-19H,10H2,1-2H3/b17-11+. The number of phenolic OH excluding ortho intramolecular Hbond substituents is 1. The summed E-state index contributed by atoms with van der Waals surface area (Å²) in [5.74, 6) is 1.33. The van der Waals surface area contributed by atoms with Crippen molar-refractivity contribution in [2.75, 3.05) is 7.11 Å². The van der Waals surface area contributed by atoms with E-state index >= 15 is 0 Å². The molecule has 0 saturated heterocycles. The van der Waals surface area contributed by atoms with Crippen LogP contribution in [0.3, 0.4) is 0 Å². The molecular formula is C16H17NO4. The van der Waals surface area contributed by atoms with Crippen molar-refractivity contribution in [3.8, 4) is 17.2 Å². The first-order chi connectivity index (χ1) is 10.1. The SMILES string of the molecule is COc1cc(/C(C)=N/O)ccc1OCc1cccc(O)c1. The number of benzene rings is 2. The van der Waals surface area contributed by atoms with Crippen LogP contribution in [-0.4, -0.2) is 23.1 Å². The maximum atomic E-state index is 9.42. The van der Waals surface area contributed by atoms with Gasteiger partial charge in [-0.3, -0.25) is 0 Å². The number of nitrogens with zero attached hydrogens (tertiary/aromatic N) is 1. The fourth-order valence-electron chi connectivity index (χ4n) is 1.88. The van der Waals surface area contributed by atoms with Gasteiger partial charge in [0, 0.05) is 5.56 Å². The van der Waals surface area contributed by atoms with Crippen LogP contribution in [0.1, 0.15) is 18.1 Å². The number of aromatic hydroxyl groups is 1. The average molecular weight is 287 g/mol. The van der Waals surface area contributed by atoms with Crippen molar-refractivity contribution in [1.82, 2.24) is 0 Å². The summed E-state index contributed by atoms with van der Waals surface area (Å²) in [6.07, 6.45) is 0. The molecule has 21 heavy (non-hydrogen) atoms. The Morgan fingerprint density at radius 2 is 1.95 bits per heavy atom. The second kappa shape index (κ2) is 6.65. The predicted octanol–water partition coefficient (Wildman–Crippen LogP) is 3.18. The third kappa shape index (κ3) is 3.66. The van der Waals surface area contributed by atoms with Crippen LogP contribution in [-0.2, 0) is 6.61 Å². The first-order valence-corrected chi connectivity index (χ1v) is 6.42. The fraction of sp³-hybridized carbons (Fsp3) is 0.188.